The summed E-state index contributed by atoms with van der Waals surface area (Å²) < 4.78 is 5.47. The van der Waals surface area contributed by atoms with Gasteiger partial charge in [-0.15, -0.1) is 0 Å². The van der Waals surface area contributed by atoms with Gasteiger partial charge in [-0.1, -0.05) is 6.07 Å². The summed E-state index contributed by atoms with van der Waals surface area (Å²) in [5.41, 5.74) is 2.94. The van der Waals surface area contributed by atoms with Crippen LogP contribution >= 0.6 is 0 Å². The van der Waals surface area contributed by atoms with Crippen molar-refractivity contribution < 1.29 is 4.74 Å². The van der Waals surface area contributed by atoms with Gasteiger partial charge in [0, 0.05) is 5.56 Å². The largest absolute Gasteiger partial charge is 0.493 e. The number of nitriles is 1. The quantitative estimate of drug-likeness (QED) is 0.602. The summed E-state index contributed by atoms with van der Waals surface area (Å²) >= 11 is 0. The van der Waals surface area contributed by atoms with Crippen LogP contribution in [0.3, 0.4) is 0 Å². The van der Waals surface area contributed by atoms with Crippen LogP contribution in [0.15, 0.2) is 12.1 Å². The summed E-state index contributed by atoms with van der Waals surface area (Å²) in [6.07, 6.45) is 1.99. The van der Waals surface area contributed by atoms with Crippen molar-refractivity contribution in [3.05, 3.63) is 28.8 Å². The lowest BCUT2D eigenvalue weighted by Gasteiger charge is -2.18. The van der Waals surface area contributed by atoms with Gasteiger partial charge in [-0.3, -0.25) is 0 Å². The number of fused-ring (bicyclic) bond motifs is 1. The molecule has 0 aliphatic carbocycles. The molecule has 0 saturated heterocycles. The minimum absolute atomic E-state index is 0.779. The molecule has 0 amide bonds. The Kier molecular flexibility index (Phi) is 1.94. The smallest absolute Gasteiger partial charge is 0.123 e. The van der Waals surface area contributed by atoms with E-state index in [1.165, 1.54) is 0 Å². The highest BCUT2D eigenvalue weighted by Crippen LogP contribution is 2.29. The van der Waals surface area contributed by atoms with Crippen molar-refractivity contribution in [2.45, 2.75) is 19.8 Å². The van der Waals surface area contributed by atoms with Crippen LogP contribution in [0, 0.1) is 18.3 Å². The normalized spacial score (nSPS) is 14.2. The summed E-state index contributed by atoms with van der Waals surface area (Å²) in [7, 11) is 0. The lowest BCUT2D eigenvalue weighted by atomic mass is 9.97. The molecule has 2 heteroatoms. The lowest BCUT2D eigenvalue weighted by molar-refractivity contribution is 0.288. The third kappa shape index (κ3) is 1.27. The van der Waals surface area contributed by atoms with Crippen molar-refractivity contribution >= 4 is 0 Å². The van der Waals surface area contributed by atoms with E-state index in [4.69, 9.17) is 10.00 Å². The third-order valence-corrected chi connectivity index (χ3v) is 2.42. The Morgan fingerprint density at radius 1 is 1.46 bits per heavy atom. The monoisotopic (exact) mass is 173 g/mol. The van der Waals surface area contributed by atoms with Crippen LogP contribution in [0.4, 0.5) is 0 Å². The van der Waals surface area contributed by atoms with Gasteiger partial charge in [0.25, 0.3) is 0 Å². The molecule has 1 heterocycles. The highest BCUT2D eigenvalue weighted by molar-refractivity contribution is 5.51. The molecular weight excluding hydrogens is 162 g/mol. The van der Waals surface area contributed by atoms with Crippen molar-refractivity contribution in [1.82, 2.24) is 0 Å². The van der Waals surface area contributed by atoms with Gasteiger partial charge in [0.1, 0.15) is 5.75 Å². The average Bonchev–Trinajstić information content (AvgIpc) is 2.18. The van der Waals surface area contributed by atoms with Gasteiger partial charge < -0.3 is 4.74 Å². The molecule has 0 unspecified atom stereocenters. The Morgan fingerprint density at radius 3 is 3.08 bits per heavy atom. The van der Waals surface area contributed by atoms with E-state index in [1.54, 1.807) is 0 Å². The van der Waals surface area contributed by atoms with Gasteiger partial charge in [0.05, 0.1) is 18.2 Å². The third-order valence-electron chi connectivity index (χ3n) is 2.42. The van der Waals surface area contributed by atoms with E-state index < -0.39 is 0 Å². The molecule has 0 fully saturated rings. The maximum absolute atomic E-state index is 8.97. The molecule has 0 N–H and O–H groups in total. The second-order valence-corrected chi connectivity index (χ2v) is 3.30. The van der Waals surface area contributed by atoms with Crippen molar-refractivity contribution in [3.8, 4) is 11.8 Å². The molecule has 2 nitrogen and oxygen atoms in total. The van der Waals surface area contributed by atoms with Crippen LogP contribution in [0.25, 0.3) is 0 Å². The summed E-state index contributed by atoms with van der Waals surface area (Å²) in [4.78, 5) is 0. The van der Waals surface area contributed by atoms with Gasteiger partial charge in [-0.25, -0.2) is 0 Å². The molecule has 1 aliphatic rings. The zero-order chi connectivity index (χ0) is 9.26. The van der Waals surface area contributed by atoms with Gasteiger partial charge in [-0.2, -0.15) is 5.26 Å². The van der Waals surface area contributed by atoms with Crippen molar-refractivity contribution in [2.75, 3.05) is 6.61 Å². The van der Waals surface area contributed by atoms with Crippen molar-refractivity contribution in [1.29, 1.82) is 5.26 Å². The lowest BCUT2D eigenvalue weighted by Crippen LogP contribution is -2.10. The van der Waals surface area contributed by atoms with E-state index in [-0.39, 0.29) is 0 Å². The van der Waals surface area contributed by atoms with E-state index in [1.807, 2.05) is 19.1 Å². The fourth-order valence-electron chi connectivity index (χ4n) is 1.72. The van der Waals surface area contributed by atoms with Crippen LogP contribution < -0.4 is 4.74 Å². The topological polar surface area (TPSA) is 33.0 Å². The number of hydrogen-bond donors (Lipinski definition) is 0. The fourth-order valence-corrected chi connectivity index (χ4v) is 1.72. The van der Waals surface area contributed by atoms with E-state index in [0.29, 0.717) is 0 Å². The van der Waals surface area contributed by atoms with Gasteiger partial charge in [0.2, 0.25) is 0 Å². The standard InChI is InChI=1S/C11H11NO/c1-8-4-5-11-9(10(8)7-12)3-2-6-13-11/h4-5H,2-3,6H2,1H3. The van der Waals surface area contributed by atoms with E-state index in [9.17, 15) is 0 Å². The number of nitrogens with zero attached hydrogens (tertiary/aromatic N) is 1. The number of aryl methyl sites for hydroxylation is 1. The molecule has 0 spiro atoms. The molecule has 1 aromatic carbocycles. The summed E-state index contributed by atoms with van der Waals surface area (Å²) in [5, 5.41) is 8.97. The van der Waals surface area contributed by atoms with Crippen LogP contribution in [-0.2, 0) is 6.42 Å². The molecule has 13 heavy (non-hydrogen) atoms. The maximum atomic E-state index is 8.97. The molecule has 1 aliphatic heterocycles. The molecule has 2 rings (SSSR count). The molecule has 66 valence electrons. The first kappa shape index (κ1) is 8.12. The van der Waals surface area contributed by atoms with Crippen molar-refractivity contribution in [3.63, 3.8) is 0 Å². The summed E-state index contributed by atoms with van der Waals surface area (Å²) in [6, 6.07) is 6.15. The fraction of sp³-hybridized carbons (Fsp3) is 0.364. The Labute approximate surface area is 77.8 Å². The minimum Gasteiger partial charge on any atom is -0.493 e. The zero-order valence-electron chi connectivity index (χ0n) is 7.63. The number of ether oxygens (including phenoxy) is 1. The Bertz CT molecular complexity index is 376. The number of benzene rings is 1. The highest BCUT2D eigenvalue weighted by atomic mass is 16.5. The Balaban J connectivity index is 2.60. The van der Waals surface area contributed by atoms with E-state index >= 15 is 0 Å². The van der Waals surface area contributed by atoms with Crippen LogP contribution in [0.1, 0.15) is 23.1 Å². The maximum Gasteiger partial charge on any atom is 0.123 e. The minimum atomic E-state index is 0.779. The van der Waals surface area contributed by atoms with Gasteiger partial charge in [0.15, 0.2) is 0 Å². The van der Waals surface area contributed by atoms with E-state index in [2.05, 4.69) is 6.07 Å². The van der Waals surface area contributed by atoms with Crippen LogP contribution in [-0.4, -0.2) is 6.61 Å². The molecule has 0 bridgehead atoms. The average molecular weight is 173 g/mol. The molecule has 1 aromatic rings. The molecule has 0 saturated carbocycles. The number of hydrogen-bond acceptors (Lipinski definition) is 2. The molecule has 0 aromatic heterocycles. The van der Waals surface area contributed by atoms with Gasteiger partial charge >= 0.3 is 0 Å². The first-order valence-electron chi connectivity index (χ1n) is 4.48. The second kappa shape index (κ2) is 3.10. The second-order valence-electron chi connectivity index (χ2n) is 3.30. The van der Waals surface area contributed by atoms with Crippen molar-refractivity contribution in [2.24, 2.45) is 0 Å². The highest BCUT2D eigenvalue weighted by Gasteiger charge is 2.15. The Morgan fingerprint density at radius 2 is 2.31 bits per heavy atom. The first-order valence-corrected chi connectivity index (χ1v) is 4.48. The summed E-state index contributed by atoms with van der Waals surface area (Å²) in [6.45, 7) is 2.74. The first-order chi connectivity index (χ1) is 6.33. The number of rotatable bonds is 0. The van der Waals surface area contributed by atoms with Gasteiger partial charge in [-0.05, 0) is 31.4 Å². The zero-order valence-corrected chi connectivity index (χ0v) is 7.63. The van der Waals surface area contributed by atoms with Crippen LogP contribution in [0.2, 0.25) is 0 Å². The summed E-state index contributed by atoms with van der Waals surface area (Å²) in [5.74, 6) is 0.897. The van der Waals surface area contributed by atoms with Crippen LogP contribution in [0.5, 0.6) is 5.75 Å². The van der Waals surface area contributed by atoms with E-state index in [0.717, 1.165) is 41.9 Å². The SMILES string of the molecule is Cc1ccc2c(c1C#N)CCCO2. The molecule has 0 radical (unpaired) electrons. The predicted molar refractivity (Wildman–Crippen MR) is 49.7 cm³/mol. The molecular formula is C11H11NO. The Hall–Kier alpha value is -1.49. The molecule has 0 atom stereocenters. The predicted octanol–water partition coefficient (Wildman–Crippen LogP) is 2.19.